The van der Waals surface area contributed by atoms with Crippen LogP contribution in [0.4, 0.5) is 13.2 Å². The van der Waals surface area contributed by atoms with Crippen molar-refractivity contribution in [3.05, 3.63) is 18.0 Å². The molecule has 162 valence electrons. The molecule has 0 radical (unpaired) electrons. The Morgan fingerprint density at radius 2 is 1.83 bits per heavy atom. The fraction of sp³-hybridized carbons (Fsp3) is 0.647. The van der Waals surface area contributed by atoms with Gasteiger partial charge in [-0.3, -0.25) is 19.6 Å². The van der Waals surface area contributed by atoms with E-state index in [0.717, 1.165) is 19.6 Å². The topological polar surface area (TPSA) is 110 Å². The second kappa shape index (κ2) is 8.80. The third-order valence-corrected chi connectivity index (χ3v) is 5.35. The van der Waals surface area contributed by atoms with Gasteiger partial charge in [-0.15, -0.1) is 0 Å². The van der Waals surface area contributed by atoms with Crippen LogP contribution < -0.4 is 0 Å². The molecule has 3 rings (SSSR count). The number of carbonyl (C=O) groups excluding carboxylic acids is 2. The Balaban J connectivity index is 0.000000370. The van der Waals surface area contributed by atoms with Crippen LogP contribution in [0.15, 0.2) is 12.3 Å². The van der Waals surface area contributed by atoms with Crippen molar-refractivity contribution in [3.63, 3.8) is 0 Å². The highest BCUT2D eigenvalue weighted by molar-refractivity contribution is 5.93. The van der Waals surface area contributed by atoms with Gasteiger partial charge in [0.2, 0.25) is 5.91 Å². The maximum Gasteiger partial charge on any atom is 0.490 e. The van der Waals surface area contributed by atoms with E-state index in [1.165, 1.54) is 0 Å². The molecule has 2 aliphatic heterocycles. The van der Waals surface area contributed by atoms with Gasteiger partial charge in [-0.2, -0.15) is 18.3 Å². The molecule has 0 saturated carbocycles. The number of H-pyrrole nitrogens is 1. The number of piperidine rings is 1. The summed E-state index contributed by atoms with van der Waals surface area (Å²) in [6.07, 6.45) is -2.12. The Hall–Kier alpha value is -2.63. The summed E-state index contributed by atoms with van der Waals surface area (Å²) in [5.74, 6) is -2.57. The van der Waals surface area contributed by atoms with Crippen molar-refractivity contribution in [1.29, 1.82) is 0 Å². The van der Waals surface area contributed by atoms with Crippen LogP contribution in [0.3, 0.4) is 0 Å². The number of hydrogen-bond donors (Lipinski definition) is 2. The molecule has 0 atom stereocenters. The van der Waals surface area contributed by atoms with Crippen molar-refractivity contribution in [1.82, 2.24) is 24.9 Å². The van der Waals surface area contributed by atoms with Crippen LogP contribution in [0.5, 0.6) is 0 Å². The molecule has 0 aliphatic carbocycles. The Morgan fingerprint density at radius 3 is 2.28 bits per heavy atom. The molecule has 0 aromatic carbocycles. The third kappa shape index (κ3) is 4.86. The Bertz CT molecular complexity index is 730. The van der Waals surface area contributed by atoms with Gasteiger partial charge in [0, 0.05) is 38.9 Å². The Kier molecular flexibility index (Phi) is 6.88. The molecular weight excluding hydrogens is 395 g/mol. The van der Waals surface area contributed by atoms with Crippen molar-refractivity contribution in [2.45, 2.75) is 31.5 Å². The van der Waals surface area contributed by atoms with E-state index in [9.17, 15) is 22.8 Å². The van der Waals surface area contributed by atoms with Crippen LogP contribution in [0, 0.1) is 0 Å². The van der Waals surface area contributed by atoms with Crippen LogP contribution in [0.2, 0.25) is 0 Å². The zero-order chi connectivity index (χ0) is 21.8. The zero-order valence-corrected chi connectivity index (χ0v) is 16.2. The number of aliphatic carboxylic acids is 1. The highest BCUT2D eigenvalue weighted by Crippen LogP contribution is 2.33. The predicted octanol–water partition coefficient (Wildman–Crippen LogP) is 0.812. The van der Waals surface area contributed by atoms with Crippen LogP contribution in [-0.4, -0.2) is 99.3 Å². The molecule has 2 saturated heterocycles. The molecule has 2 aliphatic rings. The van der Waals surface area contributed by atoms with Crippen LogP contribution >= 0.6 is 0 Å². The summed E-state index contributed by atoms with van der Waals surface area (Å²) in [5.41, 5.74) is 0.0772. The molecule has 2 amide bonds. The number of nitrogens with one attached hydrogen (secondary N) is 1. The average Bonchev–Trinajstić information content (AvgIpc) is 3.21. The summed E-state index contributed by atoms with van der Waals surface area (Å²) in [5, 5.41) is 13.7. The quantitative estimate of drug-likeness (QED) is 0.734. The van der Waals surface area contributed by atoms with Gasteiger partial charge >= 0.3 is 12.1 Å². The summed E-state index contributed by atoms with van der Waals surface area (Å²) < 4.78 is 31.7. The summed E-state index contributed by atoms with van der Waals surface area (Å²) in [4.78, 5) is 40.0. The first-order chi connectivity index (χ1) is 13.5. The number of halogens is 3. The van der Waals surface area contributed by atoms with E-state index in [-0.39, 0.29) is 11.8 Å². The molecular formula is C17H24F3N5O4. The highest BCUT2D eigenvalue weighted by atomic mass is 19.4. The minimum Gasteiger partial charge on any atom is -0.475 e. The smallest absolute Gasteiger partial charge is 0.475 e. The molecule has 12 heteroatoms. The van der Waals surface area contributed by atoms with E-state index in [4.69, 9.17) is 9.90 Å². The molecule has 2 N–H and O–H groups in total. The predicted molar refractivity (Wildman–Crippen MR) is 95.0 cm³/mol. The number of likely N-dealkylation sites (N-methyl/N-ethyl adjacent to an activating group) is 2. The second-order valence-corrected chi connectivity index (χ2v) is 6.90. The number of carbonyl (C=O) groups is 3. The van der Waals surface area contributed by atoms with Crippen LogP contribution in [-0.2, 0) is 9.59 Å². The lowest BCUT2D eigenvalue weighted by molar-refractivity contribution is -0.192. The number of nitrogens with zero attached hydrogens (tertiary/aromatic N) is 4. The average molecular weight is 419 g/mol. The minimum atomic E-state index is -5.08. The van der Waals surface area contributed by atoms with Crippen LogP contribution in [0.25, 0.3) is 0 Å². The van der Waals surface area contributed by atoms with Crippen molar-refractivity contribution in [3.8, 4) is 0 Å². The van der Waals surface area contributed by atoms with Crippen molar-refractivity contribution in [2.75, 3.05) is 39.8 Å². The lowest BCUT2D eigenvalue weighted by Gasteiger charge is -2.51. The maximum atomic E-state index is 12.8. The lowest BCUT2D eigenvalue weighted by atomic mass is 9.82. The van der Waals surface area contributed by atoms with Crippen molar-refractivity contribution in [2.24, 2.45) is 0 Å². The molecule has 1 aromatic heterocycles. The van der Waals surface area contributed by atoms with Crippen molar-refractivity contribution < 1.29 is 32.7 Å². The van der Waals surface area contributed by atoms with Gasteiger partial charge in [0.05, 0.1) is 0 Å². The second-order valence-electron chi connectivity index (χ2n) is 6.90. The molecule has 2 fully saturated rings. The van der Waals surface area contributed by atoms with Gasteiger partial charge < -0.3 is 14.9 Å². The van der Waals surface area contributed by atoms with E-state index in [2.05, 4.69) is 15.1 Å². The highest BCUT2D eigenvalue weighted by Gasteiger charge is 2.49. The van der Waals surface area contributed by atoms with E-state index < -0.39 is 17.7 Å². The zero-order valence-electron chi connectivity index (χ0n) is 16.2. The Morgan fingerprint density at radius 1 is 1.24 bits per heavy atom. The molecule has 1 aromatic rings. The summed E-state index contributed by atoms with van der Waals surface area (Å²) in [6.45, 7) is 5.68. The number of alkyl halides is 3. The van der Waals surface area contributed by atoms with Gasteiger partial charge in [0.25, 0.3) is 5.91 Å². The summed E-state index contributed by atoms with van der Waals surface area (Å²) in [6, 6.07) is 1.68. The maximum absolute atomic E-state index is 12.8. The first-order valence-electron chi connectivity index (χ1n) is 9.12. The van der Waals surface area contributed by atoms with E-state index in [1.807, 2.05) is 23.8 Å². The summed E-state index contributed by atoms with van der Waals surface area (Å²) in [7, 11) is 2.03. The fourth-order valence-electron chi connectivity index (χ4n) is 3.57. The monoisotopic (exact) mass is 419 g/mol. The van der Waals surface area contributed by atoms with Crippen LogP contribution in [0.1, 0.15) is 30.3 Å². The number of amides is 2. The molecule has 0 bridgehead atoms. The third-order valence-electron chi connectivity index (χ3n) is 5.35. The van der Waals surface area contributed by atoms with Crippen molar-refractivity contribution >= 4 is 17.8 Å². The van der Waals surface area contributed by atoms with E-state index in [0.29, 0.717) is 31.6 Å². The molecule has 1 spiro atoms. The molecule has 29 heavy (non-hydrogen) atoms. The fourth-order valence-corrected chi connectivity index (χ4v) is 3.57. The van der Waals surface area contributed by atoms with Gasteiger partial charge in [-0.05, 0) is 32.9 Å². The molecule has 0 unspecified atom stereocenters. The number of aromatic nitrogens is 2. The number of carboxylic acids is 1. The number of piperazine rings is 1. The lowest BCUT2D eigenvalue weighted by Crippen LogP contribution is -2.67. The standard InChI is InChI=1S/C15H23N5O2.C2HF3O2/c1-3-19-11-10-18(2)15(14(19)22)5-8-20(9-6-15)13(21)12-4-7-16-17-12;3-2(4,5)1(6)7/h4,7H,3,5-6,8-11H2,1-2H3,(H,16,17);(H,6,7). The number of aromatic amines is 1. The van der Waals surface area contributed by atoms with E-state index >= 15 is 0 Å². The number of hydrogen-bond acceptors (Lipinski definition) is 5. The largest absolute Gasteiger partial charge is 0.490 e. The number of likely N-dealkylation sites (tertiary alicyclic amines) is 1. The first kappa shape index (κ1) is 22.7. The van der Waals surface area contributed by atoms with Gasteiger partial charge in [0.1, 0.15) is 11.2 Å². The molecule has 9 nitrogen and oxygen atoms in total. The Labute approximate surface area is 165 Å². The first-order valence-corrected chi connectivity index (χ1v) is 9.12. The SMILES string of the molecule is CCN1CCN(C)C2(CCN(C(=O)c3ccn[nH]3)CC2)C1=O.O=C(O)C(F)(F)F. The van der Waals surface area contributed by atoms with E-state index in [1.54, 1.807) is 12.3 Å². The normalized spacial score (nSPS) is 19.7. The minimum absolute atomic E-state index is 0.0365. The molecule has 3 heterocycles. The van der Waals surface area contributed by atoms with Gasteiger partial charge in [-0.25, -0.2) is 4.79 Å². The number of rotatable bonds is 2. The van der Waals surface area contributed by atoms with Gasteiger partial charge in [-0.1, -0.05) is 0 Å². The summed E-state index contributed by atoms with van der Waals surface area (Å²) >= 11 is 0. The number of carboxylic acid groups (broad SMARTS) is 1. The van der Waals surface area contributed by atoms with Gasteiger partial charge in [0.15, 0.2) is 0 Å².